The van der Waals surface area contributed by atoms with Crippen molar-refractivity contribution in [1.29, 1.82) is 0 Å². The third kappa shape index (κ3) is 79.9. The molecule has 0 aliphatic carbocycles. The highest BCUT2D eigenvalue weighted by atomic mass is 31.2. The number of phosphoric ester groups is 2. The summed E-state index contributed by atoms with van der Waals surface area (Å²) in [5, 5.41) is 10.7. The highest BCUT2D eigenvalue weighted by Crippen LogP contribution is 2.45. The van der Waals surface area contributed by atoms with E-state index in [2.05, 4.69) is 39.8 Å². The first-order valence-corrected chi connectivity index (χ1v) is 47.9. The van der Waals surface area contributed by atoms with E-state index in [4.69, 9.17) is 37.0 Å². The summed E-state index contributed by atoms with van der Waals surface area (Å²) in [5.41, 5.74) is 0. The van der Waals surface area contributed by atoms with Gasteiger partial charge in [0.05, 0.1) is 26.4 Å². The summed E-state index contributed by atoms with van der Waals surface area (Å²) in [6.45, 7) is 5.05. The van der Waals surface area contributed by atoms with Crippen LogP contribution < -0.4 is 0 Å². The number of aliphatic hydroxyl groups excluding tert-OH is 1. The van der Waals surface area contributed by atoms with E-state index in [1.54, 1.807) is 0 Å². The van der Waals surface area contributed by atoms with E-state index in [1.165, 1.54) is 283 Å². The Hall–Kier alpha value is -2.20. The van der Waals surface area contributed by atoms with Gasteiger partial charge in [0.2, 0.25) is 0 Å². The maximum atomic E-state index is 13.1. The monoisotopic (exact) mass is 1550 g/mol. The Morgan fingerprint density at radius 2 is 0.434 bits per heavy atom. The number of hydrogen-bond donors (Lipinski definition) is 3. The van der Waals surface area contributed by atoms with Crippen molar-refractivity contribution in [2.24, 2.45) is 0 Å². The van der Waals surface area contributed by atoms with Gasteiger partial charge < -0.3 is 33.8 Å². The molecule has 19 heteroatoms. The van der Waals surface area contributed by atoms with E-state index in [0.29, 0.717) is 25.7 Å². The Kier molecular flexibility index (Phi) is 79.2. The van der Waals surface area contributed by atoms with Gasteiger partial charge in [-0.25, -0.2) is 9.13 Å². The highest BCUT2D eigenvalue weighted by Gasteiger charge is 2.30. The third-order valence-corrected chi connectivity index (χ3v) is 22.2. The van der Waals surface area contributed by atoms with Crippen molar-refractivity contribution in [2.45, 2.75) is 483 Å². The molecule has 0 saturated heterocycles. The Morgan fingerprint density at radius 3 is 0.651 bits per heavy atom. The van der Waals surface area contributed by atoms with Crippen molar-refractivity contribution in [2.75, 3.05) is 39.6 Å². The van der Waals surface area contributed by atoms with E-state index in [0.717, 1.165) is 103 Å². The largest absolute Gasteiger partial charge is 0.472 e. The number of phosphoric acid groups is 2. The number of unbranched alkanes of at least 4 members (excludes halogenated alkanes) is 59. The minimum absolute atomic E-state index is 0.0955. The molecular formula is C87H168O17P2. The number of carbonyl (C=O) groups excluding carboxylic acids is 4. The molecule has 0 saturated carbocycles. The van der Waals surface area contributed by atoms with E-state index in [9.17, 15) is 43.2 Å². The molecule has 0 amide bonds. The zero-order valence-corrected chi connectivity index (χ0v) is 71.0. The van der Waals surface area contributed by atoms with Gasteiger partial charge in [0.25, 0.3) is 0 Å². The van der Waals surface area contributed by atoms with Crippen LogP contribution in [-0.4, -0.2) is 96.7 Å². The zero-order chi connectivity index (χ0) is 77.4. The molecule has 628 valence electrons. The van der Waals surface area contributed by atoms with Gasteiger partial charge in [0, 0.05) is 25.7 Å². The van der Waals surface area contributed by atoms with Gasteiger partial charge in [-0.1, -0.05) is 399 Å². The smallest absolute Gasteiger partial charge is 0.462 e. The Bertz CT molecular complexity index is 2050. The van der Waals surface area contributed by atoms with Gasteiger partial charge in [-0.3, -0.25) is 37.3 Å². The number of allylic oxidation sites excluding steroid dienone is 2. The molecule has 3 N–H and O–H groups in total. The quantitative estimate of drug-likeness (QED) is 0.0169. The molecule has 0 radical (unpaired) electrons. The van der Waals surface area contributed by atoms with Crippen LogP contribution in [-0.2, 0) is 65.4 Å². The molecule has 0 heterocycles. The Balaban J connectivity index is 5.28. The van der Waals surface area contributed by atoms with Crippen LogP contribution in [0, 0.1) is 0 Å². The number of esters is 4. The van der Waals surface area contributed by atoms with Gasteiger partial charge in [-0.2, -0.15) is 0 Å². The van der Waals surface area contributed by atoms with Crippen LogP contribution >= 0.6 is 15.6 Å². The van der Waals surface area contributed by atoms with E-state index in [1.807, 2.05) is 0 Å². The van der Waals surface area contributed by atoms with Crippen LogP contribution in [0.15, 0.2) is 12.2 Å². The summed E-state index contributed by atoms with van der Waals surface area (Å²) in [7, 11) is -9.94. The summed E-state index contributed by atoms with van der Waals surface area (Å²) >= 11 is 0. The van der Waals surface area contributed by atoms with Crippen molar-refractivity contribution < 1.29 is 80.2 Å². The molecule has 106 heavy (non-hydrogen) atoms. The minimum Gasteiger partial charge on any atom is -0.462 e. The second-order valence-electron chi connectivity index (χ2n) is 30.9. The molecule has 0 aromatic rings. The lowest BCUT2D eigenvalue weighted by atomic mass is 10.0. The normalized spacial score (nSPS) is 13.8. The third-order valence-electron chi connectivity index (χ3n) is 20.3. The van der Waals surface area contributed by atoms with Crippen LogP contribution in [0.4, 0.5) is 0 Å². The Labute approximate surface area is 650 Å². The second-order valence-corrected chi connectivity index (χ2v) is 33.8. The molecule has 5 atom stereocenters. The summed E-state index contributed by atoms with van der Waals surface area (Å²) in [4.78, 5) is 73.3. The molecule has 0 aliphatic heterocycles. The first kappa shape index (κ1) is 104. The van der Waals surface area contributed by atoms with Gasteiger partial charge in [0.15, 0.2) is 12.2 Å². The number of hydrogen-bond acceptors (Lipinski definition) is 15. The zero-order valence-electron chi connectivity index (χ0n) is 69.2. The average molecular weight is 1550 g/mol. The molecule has 0 bridgehead atoms. The molecule has 0 aliphatic rings. The fourth-order valence-corrected chi connectivity index (χ4v) is 15.0. The molecule has 17 nitrogen and oxygen atoms in total. The molecule has 0 fully saturated rings. The number of aliphatic hydroxyl groups is 1. The van der Waals surface area contributed by atoms with Crippen LogP contribution in [0.1, 0.15) is 464 Å². The summed E-state index contributed by atoms with van der Waals surface area (Å²) in [5.74, 6) is -2.11. The van der Waals surface area contributed by atoms with Gasteiger partial charge in [-0.05, 0) is 51.4 Å². The Morgan fingerprint density at radius 1 is 0.255 bits per heavy atom. The van der Waals surface area contributed by atoms with Crippen LogP contribution in [0.2, 0.25) is 0 Å². The maximum Gasteiger partial charge on any atom is 0.472 e. The molecule has 0 rings (SSSR count). The predicted octanol–water partition coefficient (Wildman–Crippen LogP) is 26.7. The van der Waals surface area contributed by atoms with Gasteiger partial charge in [-0.15, -0.1) is 0 Å². The lowest BCUT2D eigenvalue weighted by Gasteiger charge is -2.21. The van der Waals surface area contributed by atoms with Crippen molar-refractivity contribution in [1.82, 2.24) is 0 Å². The number of rotatable bonds is 87. The predicted molar refractivity (Wildman–Crippen MR) is 437 cm³/mol. The highest BCUT2D eigenvalue weighted by molar-refractivity contribution is 7.47. The summed E-state index contributed by atoms with van der Waals surface area (Å²) < 4.78 is 69.0. The first-order valence-electron chi connectivity index (χ1n) is 44.9. The summed E-state index contributed by atoms with van der Waals surface area (Å²) in [6, 6.07) is 0. The summed E-state index contributed by atoms with van der Waals surface area (Å²) in [6.07, 6.45) is 77.3. The van der Waals surface area contributed by atoms with Crippen molar-refractivity contribution in [3.63, 3.8) is 0 Å². The van der Waals surface area contributed by atoms with Crippen LogP contribution in [0.5, 0.6) is 0 Å². The fraction of sp³-hybridized carbons (Fsp3) is 0.931. The molecular weight excluding hydrogens is 1380 g/mol. The van der Waals surface area contributed by atoms with Crippen molar-refractivity contribution in [3.05, 3.63) is 12.2 Å². The number of carbonyl (C=O) groups is 4. The minimum atomic E-state index is -4.97. The van der Waals surface area contributed by atoms with Crippen LogP contribution in [0.25, 0.3) is 0 Å². The van der Waals surface area contributed by atoms with Crippen molar-refractivity contribution >= 4 is 39.5 Å². The van der Waals surface area contributed by atoms with Crippen LogP contribution in [0.3, 0.4) is 0 Å². The molecule has 0 aromatic heterocycles. The molecule has 2 unspecified atom stereocenters. The van der Waals surface area contributed by atoms with E-state index >= 15 is 0 Å². The van der Waals surface area contributed by atoms with Gasteiger partial charge >= 0.3 is 39.5 Å². The standard InChI is InChI=1S/C87H168O17P2/c1-5-9-13-17-21-25-29-33-37-40-44-47-51-55-59-63-67-71-84(89)97-77-82(103-86(91)73-69-65-61-57-53-49-43-36-32-28-24-20-16-12-8-4)79-101-105(93,94)99-75-81(88)76-100-106(95,96)102-80-83(104-87(92)74-70-66-62-58-54-50-46-42-39-35-31-27-23-19-15-11-7-3)78-98-85(90)72-68-64-60-56-52-48-45-41-38-34-30-26-22-18-14-10-6-2/h36,43,81-83,88H,5-35,37-42,44-80H2,1-4H3,(H,93,94)(H,95,96)/b43-36-/t81-,82-,83-/m1/s1. The number of ether oxygens (including phenoxy) is 4. The fourth-order valence-electron chi connectivity index (χ4n) is 13.4. The van der Waals surface area contributed by atoms with Gasteiger partial charge in [0.1, 0.15) is 19.3 Å². The van der Waals surface area contributed by atoms with E-state index < -0.39 is 97.5 Å². The SMILES string of the molecule is CCCCCCCC/C=C\CCCCCCCC(=O)O[C@H](COC(=O)CCCCCCCCCCCCCCCCCCC)COP(=O)(O)OC[C@@H](O)COP(=O)(O)OC[C@@H](COC(=O)CCCCCCCCCCCCCCCCCCC)OC(=O)CCCCCCCCCCCCCCCCCCC. The maximum absolute atomic E-state index is 13.1. The van der Waals surface area contributed by atoms with E-state index in [-0.39, 0.29) is 25.7 Å². The van der Waals surface area contributed by atoms with Crippen molar-refractivity contribution in [3.8, 4) is 0 Å². The lowest BCUT2D eigenvalue weighted by molar-refractivity contribution is -0.161. The lowest BCUT2D eigenvalue weighted by Crippen LogP contribution is -2.30. The average Bonchev–Trinajstić information content (AvgIpc) is 0.909. The molecule has 0 aromatic carbocycles. The topological polar surface area (TPSA) is 237 Å². The second kappa shape index (κ2) is 80.8. The molecule has 0 spiro atoms. The first-order chi connectivity index (χ1) is 51.7.